The van der Waals surface area contributed by atoms with Crippen molar-refractivity contribution in [2.75, 3.05) is 56.6 Å². The summed E-state index contributed by atoms with van der Waals surface area (Å²) in [7, 11) is 1.65. The van der Waals surface area contributed by atoms with Crippen molar-refractivity contribution in [1.29, 1.82) is 0 Å². The van der Waals surface area contributed by atoms with Gasteiger partial charge in [0.15, 0.2) is 0 Å². The number of methoxy groups -OCH3 is 1. The Morgan fingerprint density at radius 3 is 2.37 bits per heavy atom. The molecule has 30 heavy (non-hydrogen) atoms. The van der Waals surface area contributed by atoms with Crippen LogP contribution < -0.4 is 20.3 Å². The van der Waals surface area contributed by atoms with Gasteiger partial charge in [-0.05, 0) is 48.9 Å². The summed E-state index contributed by atoms with van der Waals surface area (Å²) < 4.78 is 18.7. The minimum atomic E-state index is -0.803. The number of benzene rings is 2. The molecule has 0 saturated carbocycles. The quantitative estimate of drug-likeness (QED) is 0.708. The predicted molar refractivity (Wildman–Crippen MR) is 114 cm³/mol. The largest absolute Gasteiger partial charge is 0.497 e. The molecular formula is C22H27FN4O3. The van der Waals surface area contributed by atoms with Gasteiger partial charge < -0.3 is 20.3 Å². The third kappa shape index (κ3) is 5.70. The number of hydrogen-bond acceptors (Lipinski definition) is 5. The number of piperazine rings is 1. The zero-order valence-corrected chi connectivity index (χ0v) is 17.3. The summed E-state index contributed by atoms with van der Waals surface area (Å²) in [6, 6.07) is 12.3. The number of ether oxygens (including phenoxy) is 1. The lowest BCUT2D eigenvalue weighted by Crippen LogP contribution is -2.49. The normalized spacial score (nSPS) is 14.3. The van der Waals surface area contributed by atoms with Crippen LogP contribution in [0.25, 0.3) is 0 Å². The van der Waals surface area contributed by atoms with Gasteiger partial charge >= 0.3 is 11.8 Å². The number of hydrogen-bond donors (Lipinski definition) is 2. The van der Waals surface area contributed by atoms with E-state index in [1.165, 1.54) is 6.07 Å². The zero-order chi connectivity index (χ0) is 21.5. The number of aryl methyl sites for hydroxylation is 1. The van der Waals surface area contributed by atoms with Crippen LogP contribution in [-0.4, -0.2) is 63.1 Å². The number of anilines is 2. The molecule has 0 spiro atoms. The van der Waals surface area contributed by atoms with Gasteiger partial charge in [-0.15, -0.1) is 0 Å². The number of nitrogens with zero attached hydrogens (tertiary/aromatic N) is 2. The highest BCUT2D eigenvalue weighted by Crippen LogP contribution is 2.20. The van der Waals surface area contributed by atoms with Crippen LogP contribution in [0.2, 0.25) is 0 Å². The SMILES string of the molecule is COc1ccc(N2CCN(CCNC(=O)C(=O)Nc3ccc(C)c(F)c3)CC2)cc1. The van der Waals surface area contributed by atoms with E-state index in [9.17, 15) is 14.0 Å². The molecule has 160 valence electrons. The van der Waals surface area contributed by atoms with E-state index in [2.05, 4.69) is 20.4 Å². The third-order valence-electron chi connectivity index (χ3n) is 5.16. The summed E-state index contributed by atoms with van der Waals surface area (Å²) in [6.07, 6.45) is 0. The van der Waals surface area contributed by atoms with Crippen molar-refractivity contribution >= 4 is 23.2 Å². The zero-order valence-electron chi connectivity index (χ0n) is 17.3. The fourth-order valence-corrected chi connectivity index (χ4v) is 3.29. The van der Waals surface area contributed by atoms with Crippen LogP contribution in [0.15, 0.2) is 42.5 Å². The first kappa shape index (κ1) is 21.6. The smallest absolute Gasteiger partial charge is 0.313 e. The topological polar surface area (TPSA) is 73.9 Å². The lowest BCUT2D eigenvalue weighted by Gasteiger charge is -2.36. The van der Waals surface area contributed by atoms with E-state index in [-0.39, 0.29) is 5.69 Å². The van der Waals surface area contributed by atoms with Crippen molar-refractivity contribution in [3.8, 4) is 5.75 Å². The first-order valence-corrected chi connectivity index (χ1v) is 9.93. The summed E-state index contributed by atoms with van der Waals surface area (Å²) in [4.78, 5) is 28.5. The van der Waals surface area contributed by atoms with E-state index in [1.807, 2.05) is 24.3 Å². The molecule has 0 unspecified atom stereocenters. The van der Waals surface area contributed by atoms with Gasteiger partial charge in [-0.2, -0.15) is 0 Å². The fourth-order valence-electron chi connectivity index (χ4n) is 3.29. The molecule has 7 nitrogen and oxygen atoms in total. The summed E-state index contributed by atoms with van der Waals surface area (Å²) in [6.45, 7) is 6.18. The van der Waals surface area contributed by atoms with Gasteiger partial charge in [-0.25, -0.2) is 4.39 Å². The number of amides is 2. The van der Waals surface area contributed by atoms with Crippen LogP contribution in [0.4, 0.5) is 15.8 Å². The number of carbonyl (C=O) groups is 2. The molecule has 0 aliphatic carbocycles. The molecule has 2 aromatic rings. The molecular weight excluding hydrogens is 387 g/mol. The number of carbonyl (C=O) groups excluding carboxylic acids is 2. The van der Waals surface area contributed by atoms with Gasteiger partial charge in [0.2, 0.25) is 0 Å². The highest BCUT2D eigenvalue weighted by molar-refractivity contribution is 6.39. The summed E-state index contributed by atoms with van der Waals surface area (Å²) in [5.74, 6) is -1.12. The average molecular weight is 414 g/mol. The van der Waals surface area contributed by atoms with Gasteiger partial charge in [0.25, 0.3) is 0 Å². The van der Waals surface area contributed by atoms with Crippen molar-refractivity contribution in [2.45, 2.75) is 6.92 Å². The molecule has 2 N–H and O–H groups in total. The average Bonchev–Trinajstić information content (AvgIpc) is 2.77. The Labute approximate surface area is 175 Å². The second-order valence-corrected chi connectivity index (χ2v) is 7.20. The maximum Gasteiger partial charge on any atom is 0.313 e. The molecule has 1 heterocycles. The van der Waals surface area contributed by atoms with E-state index >= 15 is 0 Å². The van der Waals surface area contributed by atoms with E-state index in [0.29, 0.717) is 18.7 Å². The van der Waals surface area contributed by atoms with Crippen LogP contribution in [0.1, 0.15) is 5.56 Å². The standard InChI is InChI=1S/C22H27FN4O3/c1-16-3-4-17(15-20(16)23)25-22(29)21(28)24-9-10-26-11-13-27(14-12-26)18-5-7-19(30-2)8-6-18/h3-8,15H,9-14H2,1-2H3,(H,24,28)(H,25,29). The molecule has 8 heteroatoms. The van der Waals surface area contributed by atoms with E-state index in [4.69, 9.17) is 4.74 Å². The lowest BCUT2D eigenvalue weighted by molar-refractivity contribution is -0.136. The molecule has 0 aromatic heterocycles. The van der Waals surface area contributed by atoms with Crippen LogP contribution >= 0.6 is 0 Å². The molecule has 3 rings (SSSR count). The molecule has 2 aromatic carbocycles. The Kier molecular flexibility index (Phi) is 7.24. The minimum absolute atomic E-state index is 0.257. The monoisotopic (exact) mass is 414 g/mol. The molecule has 1 aliphatic heterocycles. The van der Waals surface area contributed by atoms with Crippen molar-refractivity contribution in [1.82, 2.24) is 10.2 Å². The van der Waals surface area contributed by atoms with Crippen LogP contribution in [-0.2, 0) is 9.59 Å². The Morgan fingerprint density at radius 2 is 1.73 bits per heavy atom. The van der Waals surface area contributed by atoms with E-state index in [0.717, 1.165) is 37.6 Å². The second kappa shape index (κ2) is 10.1. The highest BCUT2D eigenvalue weighted by atomic mass is 19.1. The van der Waals surface area contributed by atoms with Crippen molar-refractivity contribution in [3.05, 3.63) is 53.8 Å². The fraction of sp³-hybridized carbons (Fsp3) is 0.364. The molecule has 1 saturated heterocycles. The third-order valence-corrected chi connectivity index (χ3v) is 5.16. The van der Waals surface area contributed by atoms with Gasteiger partial charge in [-0.1, -0.05) is 6.07 Å². The Balaban J connectivity index is 1.37. The van der Waals surface area contributed by atoms with Crippen LogP contribution in [0.3, 0.4) is 0 Å². The number of halogens is 1. The van der Waals surface area contributed by atoms with E-state index < -0.39 is 17.6 Å². The Hall–Kier alpha value is -3.13. The molecule has 0 radical (unpaired) electrons. The molecule has 0 bridgehead atoms. The van der Waals surface area contributed by atoms with Crippen LogP contribution in [0.5, 0.6) is 5.75 Å². The van der Waals surface area contributed by atoms with Crippen LogP contribution in [0, 0.1) is 12.7 Å². The summed E-state index contributed by atoms with van der Waals surface area (Å²) >= 11 is 0. The van der Waals surface area contributed by atoms with Gasteiger partial charge in [-0.3, -0.25) is 14.5 Å². The van der Waals surface area contributed by atoms with Gasteiger partial charge in [0.1, 0.15) is 11.6 Å². The molecule has 2 amide bonds. The predicted octanol–water partition coefficient (Wildman–Crippen LogP) is 2.02. The molecule has 1 fully saturated rings. The lowest BCUT2D eigenvalue weighted by atomic mass is 10.2. The first-order chi connectivity index (χ1) is 14.5. The van der Waals surface area contributed by atoms with Gasteiger partial charge in [0, 0.05) is 50.6 Å². The minimum Gasteiger partial charge on any atom is -0.497 e. The molecule has 0 atom stereocenters. The first-order valence-electron chi connectivity index (χ1n) is 9.93. The van der Waals surface area contributed by atoms with E-state index in [1.54, 1.807) is 26.2 Å². The summed E-state index contributed by atoms with van der Waals surface area (Å²) in [5.41, 5.74) is 1.89. The maximum absolute atomic E-state index is 13.5. The number of rotatable bonds is 6. The highest BCUT2D eigenvalue weighted by Gasteiger charge is 2.18. The summed E-state index contributed by atoms with van der Waals surface area (Å²) in [5, 5.41) is 5.03. The van der Waals surface area contributed by atoms with Crippen molar-refractivity contribution in [3.63, 3.8) is 0 Å². The Morgan fingerprint density at radius 1 is 1.03 bits per heavy atom. The molecule has 1 aliphatic rings. The van der Waals surface area contributed by atoms with Crippen molar-refractivity contribution < 1.29 is 18.7 Å². The Bertz CT molecular complexity index is 880. The second-order valence-electron chi connectivity index (χ2n) is 7.20. The van der Waals surface area contributed by atoms with Crippen molar-refractivity contribution in [2.24, 2.45) is 0 Å². The number of nitrogens with one attached hydrogen (secondary N) is 2. The maximum atomic E-state index is 13.5. The van der Waals surface area contributed by atoms with Gasteiger partial charge in [0.05, 0.1) is 7.11 Å².